The number of benzene rings is 2. The summed E-state index contributed by atoms with van der Waals surface area (Å²) in [6.45, 7) is 0. The Morgan fingerprint density at radius 2 is 1.89 bits per heavy atom. The molecule has 0 saturated heterocycles. The van der Waals surface area contributed by atoms with Gasteiger partial charge >= 0.3 is 0 Å². The van der Waals surface area contributed by atoms with Gasteiger partial charge in [-0.25, -0.2) is 4.39 Å². The van der Waals surface area contributed by atoms with Gasteiger partial charge in [-0.05, 0) is 58.5 Å². The van der Waals surface area contributed by atoms with E-state index in [1.165, 1.54) is 18.2 Å². The normalized spacial score (nSPS) is 10.3. The van der Waals surface area contributed by atoms with E-state index in [4.69, 9.17) is 0 Å². The molecule has 0 aliphatic rings. The van der Waals surface area contributed by atoms with Gasteiger partial charge in [0.25, 0.3) is 5.91 Å². The summed E-state index contributed by atoms with van der Waals surface area (Å²) >= 11 is 5.31. The number of hydrogen-bond acceptors (Lipinski definition) is 1. The summed E-state index contributed by atoms with van der Waals surface area (Å²) in [5.41, 5.74) is 2.32. The third-order valence-corrected chi connectivity index (χ3v) is 4.08. The van der Waals surface area contributed by atoms with E-state index in [-0.39, 0.29) is 11.7 Å². The van der Waals surface area contributed by atoms with E-state index < -0.39 is 0 Å². The molecule has 2 aromatic rings. The van der Waals surface area contributed by atoms with Gasteiger partial charge in [0, 0.05) is 14.6 Å². The average molecular weight is 434 g/mol. The Labute approximate surface area is 132 Å². The molecule has 0 aromatic heterocycles. The summed E-state index contributed by atoms with van der Waals surface area (Å²) in [5, 5.41) is 3.56. The van der Waals surface area contributed by atoms with Gasteiger partial charge in [0.15, 0.2) is 0 Å². The molecular weight excluding hydrogens is 424 g/mol. The van der Waals surface area contributed by atoms with Gasteiger partial charge < -0.3 is 5.32 Å². The Kier molecular flexibility index (Phi) is 4.93. The number of carbonyl (C=O) groups is 1. The van der Waals surface area contributed by atoms with E-state index >= 15 is 0 Å². The van der Waals surface area contributed by atoms with Crippen LogP contribution >= 0.6 is 38.5 Å². The van der Waals surface area contributed by atoms with E-state index in [0.717, 1.165) is 16.6 Å². The maximum atomic E-state index is 13.0. The largest absolute Gasteiger partial charge is 0.322 e. The van der Waals surface area contributed by atoms with Crippen LogP contribution in [-0.2, 0) is 5.33 Å². The Morgan fingerprint density at radius 1 is 1.21 bits per heavy atom. The molecule has 2 rings (SSSR count). The van der Waals surface area contributed by atoms with E-state index in [1.807, 2.05) is 46.9 Å². The fraction of sp³-hybridized carbons (Fsp3) is 0.0714. The lowest BCUT2D eigenvalue weighted by atomic mass is 10.2. The summed E-state index contributed by atoms with van der Waals surface area (Å²) in [6.07, 6.45) is 0. The van der Waals surface area contributed by atoms with Gasteiger partial charge in [-0.1, -0.05) is 28.1 Å². The second kappa shape index (κ2) is 6.47. The number of carbonyl (C=O) groups excluding carboxylic acids is 1. The van der Waals surface area contributed by atoms with Crippen LogP contribution in [0.25, 0.3) is 0 Å². The van der Waals surface area contributed by atoms with Crippen molar-refractivity contribution in [3.63, 3.8) is 0 Å². The zero-order valence-electron chi connectivity index (χ0n) is 9.79. The Hall–Kier alpha value is -0.950. The number of hydrogen-bond donors (Lipinski definition) is 1. The van der Waals surface area contributed by atoms with E-state index in [0.29, 0.717) is 9.13 Å². The van der Waals surface area contributed by atoms with Gasteiger partial charge in [0.2, 0.25) is 0 Å². The summed E-state index contributed by atoms with van der Waals surface area (Å²) in [5.74, 6) is -0.585. The molecule has 98 valence electrons. The van der Waals surface area contributed by atoms with Crippen LogP contribution in [0.2, 0.25) is 0 Å². The highest BCUT2D eigenvalue weighted by Crippen LogP contribution is 2.17. The molecule has 2 nitrogen and oxygen atoms in total. The highest BCUT2D eigenvalue weighted by molar-refractivity contribution is 14.1. The molecule has 2 aromatic carbocycles. The first kappa shape index (κ1) is 14.5. The third-order valence-electron chi connectivity index (χ3n) is 2.54. The Balaban J connectivity index is 2.15. The number of alkyl halides is 1. The zero-order valence-corrected chi connectivity index (χ0v) is 13.5. The zero-order chi connectivity index (χ0) is 13.8. The molecular formula is C14H10BrFINO. The second-order valence-corrected chi connectivity index (χ2v) is 5.63. The van der Waals surface area contributed by atoms with Crippen molar-refractivity contribution in [3.8, 4) is 0 Å². The van der Waals surface area contributed by atoms with Gasteiger partial charge in [-0.15, -0.1) is 0 Å². The Bertz CT molecular complexity index is 601. The van der Waals surface area contributed by atoms with Gasteiger partial charge in [-0.2, -0.15) is 0 Å². The SMILES string of the molecule is O=C(Nc1ccc(CBr)cc1)c1ccc(F)cc1I. The van der Waals surface area contributed by atoms with Crippen LogP contribution in [0.5, 0.6) is 0 Å². The fourth-order valence-corrected chi connectivity index (χ4v) is 2.65. The van der Waals surface area contributed by atoms with Crippen LogP contribution in [-0.4, -0.2) is 5.91 Å². The van der Waals surface area contributed by atoms with E-state index in [1.54, 1.807) is 0 Å². The minimum absolute atomic E-state index is 0.240. The highest BCUT2D eigenvalue weighted by Gasteiger charge is 2.10. The molecule has 1 N–H and O–H groups in total. The third kappa shape index (κ3) is 3.76. The lowest BCUT2D eigenvalue weighted by Crippen LogP contribution is -2.13. The van der Waals surface area contributed by atoms with Crippen molar-refractivity contribution < 1.29 is 9.18 Å². The van der Waals surface area contributed by atoms with Crippen molar-refractivity contribution in [2.45, 2.75) is 5.33 Å². The average Bonchev–Trinajstić information content (AvgIpc) is 2.39. The van der Waals surface area contributed by atoms with Crippen molar-refractivity contribution in [2.75, 3.05) is 5.32 Å². The van der Waals surface area contributed by atoms with Crippen molar-refractivity contribution in [1.82, 2.24) is 0 Å². The number of halogens is 3. The van der Waals surface area contributed by atoms with Crippen LogP contribution in [0, 0.1) is 9.39 Å². The molecule has 19 heavy (non-hydrogen) atoms. The monoisotopic (exact) mass is 433 g/mol. The topological polar surface area (TPSA) is 29.1 Å². The summed E-state index contributed by atoms with van der Waals surface area (Å²) in [4.78, 5) is 12.1. The molecule has 0 aliphatic carbocycles. The summed E-state index contributed by atoms with van der Waals surface area (Å²) in [7, 11) is 0. The van der Waals surface area contributed by atoms with Gasteiger partial charge in [0.05, 0.1) is 5.56 Å². The molecule has 0 unspecified atom stereocenters. The quantitative estimate of drug-likeness (QED) is 0.557. The molecule has 0 fully saturated rings. The maximum absolute atomic E-state index is 13.0. The number of anilines is 1. The van der Waals surface area contributed by atoms with Crippen LogP contribution in [0.15, 0.2) is 42.5 Å². The molecule has 5 heteroatoms. The van der Waals surface area contributed by atoms with Crippen molar-refractivity contribution in [2.24, 2.45) is 0 Å². The number of rotatable bonds is 3. The number of nitrogens with one attached hydrogen (secondary N) is 1. The van der Waals surface area contributed by atoms with Gasteiger partial charge in [0.1, 0.15) is 5.82 Å². The first-order valence-electron chi connectivity index (χ1n) is 5.51. The predicted molar refractivity (Wildman–Crippen MR) is 86.1 cm³/mol. The molecule has 0 saturated carbocycles. The van der Waals surface area contributed by atoms with Crippen LogP contribution in [0.3, 0.4) is 0 Å². The summed E-state index contributed by atoms with van der Waals surface area (Å²) < 4.78 is 13.6. The van der Waals surface area contributed by atoms with Crippen LogP contribution < -0.4 is 5.32 Å². The van der Waals surface area contributed by atoms with Crippen molar-refractivity contribution in [1.29, 1.82) is 0 Å². The molecule has 0 spiro atoms. The molecule has 0 radical (unpaired) electrons. The molecule has 0 aliphatic heterocycles. The molecule has 0 heterocycles. The minimum atomic E-state index is -0.345. The first-order chi connectivity index (χ1) is 9.10. The van der Waals surface area contributed by atoms with E-state index in [2.05, 4.69) is 21.2 Å². The highest BCUT2D eigenvalue weighted by atomic mass is 127. The van der Waals surface area contributed by atoms with Crippen molar-refractivity contribution >= 4 is 50.1 Å². The molecule has 0 bridgehead atoms. The smallest absolute Gasteiger partial charge is 0.256 e. The molecule has 0 atom stereocenters. The number of amides is 1. The molecule has 1 amide bonds. The van der Waals surface area contributed by atoms with Crippen LogP contribution in [0.4, 0.5) is 10.1 Å². The van der Waals surface area contributed by atoms with Gasteiger partial charge in [-0.3, -0.25) is 4.79 Å². The lowest BCUT2D eigenvalue weighted by molar-refractivity contribution is 0.102. The van der Waals surface area contributed by atoms with Crippen molar-refractivity contribution in [3.05, 3.63) is 63.0 Å². The van der Waals surface area contributed by atoms with E-state index in [9.17, 15) is 9.18 Å². The summed E-state index contributed by atoms with van der Waals surface area (Å²) in [6, 6.07) is 11.6. The predicted octanol–water partition coefficient (Wildman–Crippen LogP) is 4.58. The standard InChI is InChI=1S/C14H10BrFINO/c15-8-9-1-4-11(5-2-9)18-14(19)12-6-3-10(16)7-13(12)17/h1-7H,8H2,(H,18,19). The maximum Gasteiger partial charge on any atom is 0.256 e. The minimum Gasteiger partial charge on any atom is -0.322 e. The van der Waals surface area contributed by atoms with Crippen LogP contribution in [0.1, 0.15) is 15.9 Å². The lowest BCUT2D eigenvalue weighted by Gasteiger charge is -2.07. The fourth-order valence-electron chi connectivity index (χ4n) is 1.55. The Morgan fingerprint density at radius 3 is 2.47 bits per heavy atom. The second-order valence-electron chi connectivity index (χ2n) is 3.91. The first-order valence-corrected chi connectivity index (χ1v) is 7.71.